The first-order valence-electron chi connectivity index (χ1n) is 5.97. The zero-order valence-corrected chi connectivity index (χ0v) is 10.6. The Bertz CT molecular complexity index is 564. The summed E-state index contributed by atoms with van der Waals surface area (Å²) < 4.78 is 4.78. The Kier molecular flexibility index (Phi) is 3.64. The lowest BCUT2D eigenvalue weighted by Gasteiger charge is -2.12. The van der Waals surface area contributed by atoms with Gasteiger partial charge in [-0.3, -0.25) is 0 Å². The second-order valence-corrected chi connectivity index (χ2v) is 4.46. The molecule has 0 aliphatic carbocycles. The number of ether oxygens (including phenoxy) is 1. The van der Waals surface area contributed by atoms with E-state index in [1.165, 1.54) is 11.1 Å². The smallest absolute Gasteiger partial charge is 0.292 e. The summed E-state index contributed by atoms with van der Waals surface area (Å²) in [6.07, 6.45) is 1.67. The van der Waals surface area contributed by atoms with Crippen molar-refractivity contribution in [3.63, 3.8) is 0 Å². The van der Waals surface area contributed by atoms with E-state index in [-0.39, 0.29) is 0 Å². The second-order valence-electron chi connectivity index (χ2n) is 4.46. The van der Waals surface area contributed by atoms with Gasteiger partial charge in [-0.1, -0.05) is 50.2 Å². The summed E-state index contributed by atoms with van der Waals surface area (Å²) in [6, 6.07) is 16.0. The molecular weight excluding hydrogens is 222 g/mol. The van der Waals surface area contributed by atoms with Crippen LogP contribution < -0.4 is 4.74 Å². The molecule has 2 aromatic carbocycles. The van der Waals surface area contributed by atoms with Crippen LogP contribution in [0.1, 0.15) is 25.3 Å². The molecule has 0 radical (unpaired) electrons. The molecule has 90 valence electrons. The third kappa shape index (κ3) is 2.52. The van der Waals surface area contributed by atoms with Gasteiger partial charge in [0.1, 0.15) is 5.75 Å². The van der Waals surface area contributed by atoms with E-state index in [4.69, 9.17) is 10.00 Å². The maximum absolute atomic E-state index is 8.45. The van der Waals surface area contributed by atoms with Crippen LogP contribution in [0.3, 0.4) is 0 Å². The standard InChI is InChI=1S/C16H15NO/c1-12(2)15-5-3-4-6-16(15)13-7-9-14(10-8-13)18-11-17/h3-10,12H,1-2H3. The summed E-state index contributed by atoms with van der Waals surface area (Å²) in [4.78, 5) is 0. The van der Waals surface area contributed by atoms with Crippen LogP contribution in [0.4, 0.5) is 0 Å². The monoisotopic (exact) mass is 237 g/mol. The molecular formula is C16H15NO. The molecule has 0 aliphatic heterocycles. The number of hydrogen-bond donors (Lipinski definition) is 0. The minimum atomic E-state index is 0.483. The Labute approximate surface area is 107 Å². The SMILES string of the molecule is CC(C)c1ccccc1-c1ccc(OC#N)cc1. The van der Waals surface area contributed by atoms with E-state index >= 15 is 0 Å². The Morgan fingerprint density at radius 3 is 2.28 bits per heavy atom. The summed E-state index contributed by atoms with van der Waals surface area (Å²) in [5.41, 5.74) is 3.70. The van der Waals surface area contributed by atoms with E-state index < -0.39 is 0 Å². The zero-order valence-electron chi connectivity index (χ0n) is 10.6. The fourth-order valence-corrected chi connectivity index (χ4v) is 2.02. The Balaban J connectivity index is 2.40. The molecule has 0 amide bonds. The van der Waals surface area contributed by atoms with Crippen molar-refractivity contribution >= 4 is 0 Å². The molecule has 0 atom stereocenters. The van der Waals surface area contributed by atoms with Gasteiger partial charge < -0.3 is 4.74 Å². The zero-order chi connectivity index (χ0) is 13.0. The van der Waals surface area contributed by atoms with E-state index in [1.807, 2.05) is 30.3 Å². The van der Waals surface area contributed by atoms with Crippen molar-refractivity contribution in [1.82, 2.24) is 0 Å². The van der Waals surface area contributed by atoms with Crippen molar-refractivity contribution in [1.29, 1.82) is 5.26 Å². The highest BCUT2D eigenvalue weighted by Gasteiger charge is 2.07. The highest BCUT2D eigenvalue weighted by atomic mass is 16.5. The normalized spacial score (nSPS) is 10.1. The van der Waals surface area contributed by atoms with Crippen LogP contribution in [-0.4, -0.2) is 0 Å². The van der Waals surface area contributed by atoms with Gasteiger partial charge in [0, 0.05) is 0 Å². The van der Waals surface area contributed by atoms with Gasteiger partial charge in [0.25, 0.3) is 6.26 Å². The average molecular weight is 237 g/mol. The van der Waals surface area contributed by atoms with Crippen LogP contribution in [0.25, 0.3) is 11.1 Å². The molecule has 0 fully saturated rings. The minimum absolute atomic E-state index is 0.483. The van der Waals surface area contributed by atoms with Crippen LogP contribution in [0.5, 0.6) is 5.75 Å². The van der Waals surface area contributed by atoms with Crippen LogP contribution in [0.2, 0.25) is 0 Å². The van der Waals surface area contributed by atoms with Gasteiger partial charge in [0.2, 0.25) is 0 Å². The topological polar surface area (TPSA) is 33.0 Å². The lowest BCUT2D eigenvalue weighted by Crippen LogP contribution is -1.92. The maximum Gasteiger partial charge on any atom is 0.292 e. The predicted octanol–water partition coefficient (Wildman–Crippen LogP) is 4.34. The highest BCUT2D eigenvalue weighted by molar-refractivity contribution is 5.68. The minimum Gasteiger partial charge on any atom is -0.388 e. The van der Waals surface area contributed by atoms with Crippen LogP contribution in [-0.2, 0) is 0 Å². The summed E-state index contributed by atoms with van der Waals surface area (Å²) in [5.74, 6) is 1.06. The Morgan fingerprint density at radius 1 is 1.00 bits per heavy atom. The highest BCUT2D eigenvalue weighted by Crippen LogP contribution is 2.30. The van der Waals surface area contributed by atoms with E-state index in [0.717, 1.165) is 5.56 Å². The number of rotatable bonds is 3. The molecule has 18 heavy (non-hydrogen) atoms. The molecule has 2 nitrogen and oxygen atoms in total. The van der Waals surface area contributed by atoms with Crippen molar-refractivity contribution in [2.24, 2.45) is 0 Å². The Hall–Kier alpha value is -2.27. The molecule has 0 heterocycles. The van der Waals surface area contributed by atoms with E-state index in [9.17, 15) is 0 Å². The molecule has 0 spiro atoms. The fourth-order valence-electron chi connectivity index (χ4n) is 2.02. The molecule has 0 N–H and O–H groups in total. The largest absolute Gasteiger partial charge is 0.388 e. The number of nitrogens with zero attached hydrogens (tertiary/aromatic N) is 1. The van der Waals surface area contributed by atoms with E-state index in [2.05, 4.69) is 32.0 Å². The molecule has 2 heteroatoms. The van der Waals surface area contributed by atoms with Gasteiger partial charge in [-0.15, -0.1) is 5.26 Å². The predicted molar refractivity (Wildman–Crippen MR) is 72.2 cm³/mol. The first-order valence-corrected chi connectivity index (χ1v) is 5.97. The third-order valence-electron chi connectivity index (χ3n) is 2.91. The first kappa shape index (κ1) is 12.2. The average Bonchev–Trinajstić information content (AvgIpc) is 2.40. The van der Waals surface area contributed by atoms with Gasteiger partial charge in [-0.05, 0) is 34.7 Å². The van der Waals surface area contributed by atoms with Crippen LogP contribution in [0.15, 0.2) is 48.5 Å². The van der Waals surface area contributed by atoms with Gasteiger partial charge in [-0.2, -0.15) is 0 Å². The van der Waals surface area contributed by atoms with Crippen molar-refractivity contribution in [3.05, 3.63) is 54.1 Å². The summed E-state index contributed by atoms with van der Waals surface area (Å²) in [7, 11) is 0. The second kappa shape index (κ2) is 5.37. The summed E-state index contributed by atoms with van der Waals surface area (Å²) in [5, 5.41) is 8.45. The summed E-state index contributed by atoms with van der Waals surface area (Å²) >= 11 is 0. The maximum atomic E-state index is 8.45. The molecule has 0 saturated heterocycles. The quantitative estimate of drug-likeness (QED) is 0.744. The van der Waals surface area contributed by atoms with Gasteiger partial charge in [-0.25, -0.2) is 0 Å². The fraction of sp³-hybridized carbons (Fsp3) is 0.188. The Morgan fingerprint density at radius 2 is 1.67 bits per heavy atom. The molecule has 2 rings (SSSR count). The van der Waals surface area contributed by atoms with Gasteiger partial charge in [0.05, 0.1) is 0 Å². The number of hydrogen-bond acceptors (Lipinski definition) is 2. The number of nitriles is 1. The van der Waals surface area contributed by atoms with E-state index in [0.29, 0.717) is 11.7 Å². The van der Waals surface area contributed by atoms with Crippen molar-refractivity contribution in [2.45, 2.75) is 19.8 Å². The third-order valence-corrected chi connectivity index (χ3v) is 2.91. The molecule has 0 bridgehead atoms. The van der Waals surface area contributed by atoms with Crippen molar-refractivity contribution in [2.75, 3.05) is 0 Å². The van der Waals surface area contributed by atoms with Crippen molar-refractivity contribution < 1.29 is 4.74 Å². The van der Waals surface area contributed by atoms with Gasteiger partial charge >= 0.3 is 0 Å². The number of benzene rings is 2. The molecule has 0 unspecified atom stereocenters. The molecule has 0 saturated carbocycles. The lowest BCUT2D eigenvalue weighted by molar-refractivity contribution is 0.507. The van der Waals surface area contributed by atoms with Crippen LogP contribution in [0, 0.1) is 11.5 Å². The van der Waals surface area contributed by atoms with Crippen LogP contribution >= 0.6 is 0 Å². The first-order chi connectivity index (χ1) is 8.72. The lowest BCUT2D eigenvalue weighted by atomic mass is 9.93. The van der Waals surface area contributed by atoms with Gasteiger partial charge in [0.15, 0.2) is 0 Å². The molecule has 2 aromatic rings. The summed E-state index contributed by atoms with van der Waals surface area (Å²) in [6.45, 7) is 4.37. The molecule has 0 aliphatic rings. The van der Waals surface area contributed by atoms with E-state index in [1.54, 1.807) is 6.26 Å². The molecule has 0 aromatic heterocycles. The van der Waals surface area contributed by atoms with Crippen molar-refractivity contribution in [3.8, 4) is 23.1 Å².